The van der Waals surface area contributed by atoms with Crippen molar-refractivity contribution in [2.45, 2.75) is 26.8 Å². The van der Waals surface area contributed by atoms with E-state index in [1.165, 1.54) is 18.2 Å². The van der Waals surface area contributed by atoms with E-state index < -0.39 is 5.82 Å². The SMILES string of the molecule is CCN(CC(=O)Nc1ccc(F)cc1N)C(C)C. The topological polar surface area (TPSA) is 58.4 Å². The number of nitrogens with one attached hydrogen (secondary N) is 1. The van der Waals surface area contributed by atoms with Gasteiger partial charge in [0.2, 0.25) is 5.91 Å². The fourth-order valence-corrected chi connectivity index (χ4v) is 1.68. The lowest BCUT2D eigenvalue weighted by molar-refractivity contribution is -0.117. The molecule has 1 rings (SSSR count). The van der Waals surface area contributed by atoms with Crippen molar-refractivity contribution in [3.05, 3.63) is 24.0 Å². The normalized spacial score (nSPS) is 11.0. The van der Waals surface area contributed by atoms with Gasteiger partial charge in [0.25, 0.3) is 0 Å². The molecule has 0 atom stereocenters. The number of anilines is 2. The summed E-state index contributed by atoms with van der Waals surface area (Å²) in [6.45, 7) is 7.15. The summed E-state index contributed by atoms with van der Waals surface area (Å²) in [5.41, 5.74) is 6.30. The second-order valence-corrected chi connectivity index (χ2v) is 4.44. The summed E-state index contributed by atoms with van der Waals surface area (Å²) in [5, 5.41) is 2.68. The molecule has 0 spiro atoms. The van der Waals surface area contributed by atoms with E-state index in [-0.39, 0.29) is 11.6 Å². The number of benzene rings is 1. The van der Waals surface area contributed by atoms with Gasteiger partial charge in [-0.3, -0.25) is 9.69 Å². The molecule has 1 amide bonds. The highest BCUT2D eigenvalue weighted by molar-refractivity contribution is 5.95. The Labute approximate surface area is 107 Å². The number of hydrogen-bond donors (Lipinski definition) is 2. The highest BCUT2D eigenvalue weighted by atomic mass is 19.1. The van der Waals surface area contributed by atoms with Gasteiger partial charge in [-0.2, -0.15) is 0 Å². The van der Waals surface area contributed by atoms with Crippen LogP contribution in [-0.2, 0) is 4.79 Å². The van der Waals surface area contributed by atoms with Crippen LogP contribution in [0.3, 0.4) is 0 Å². The summed E-state index contributed by atoms with van der Waals surface area (Å²) in [5.74, 6) is -0.563. The first-order valence-electron chi connectivity index (χ1n) is 6.03. The summed E-state index contributed by atoms with van der Waals surface area (Å²) >= 11 is 0. The molecule has 1 aromatic carbocycles. The molecule has 1 aromatic rings. The Morgan fingerprint density at radius 3 is 2.67 bits per heavy atom. The van der Waals surface area contributed by atoms with Gasteiger partial charge < -0.3 is 11.1 Å². The molecule has 18 heavy (non-hydrogen) atoms. The number of nitrogens with zero attached hydrogens (tertiary/aromatic N) is 1. The average molecular weight is 253 g/mol. The maximum absolute atomic E-state index is 12.9. The predicted molar refractivity (Wildman–Crippen MR) is 71.8 cm³/mol. The number of nitrogen functional groups attached to an aromatic ring is 1. The smallest absolute Gasteiger partial charge is 0.238 e. The minimum absolute atomic E-state index is 0.149. The number of halogens is 1. The maximum Gasteiger partial charge on any atom is 0.238 e. The lowest BCUT2D eigenvalue weighted by atomic mass is 10.2. The van der Waals surface area contributed by atoms with Crippen LogP contribution in [0.2, 0.25) is 0 Å². The van der Waals surface area contributed by atoms with Gasteiger partial charge in [0, 0.05) is 6.04 Å². The molecule has 0 aliphatic carbocycles. The van der Waals surface area contributed by atoms with E-state index >= 15 is 0 Å². The van der Waals surface area contributed by atoms with E-state index in [0.717, 1.165) is 6.54 Å². The van der Waals surface area contributed by atoms with E-state index in [2.05, 4.69) is 5.32 Å². The number of carbonyl (C=O) groups excluding carboxylic acids is 1. The van der Waals surface area contributed by atoms with Crippen molar-refractivity contribution < 1.29 is 9.18 Å². The third-order valence-corrected chi connectivity index (χ3v) is 2.77. The Kier molecular flexibility index (Phi) is 5.09. The van der Waals surface area contributed by atoms with Gasteiger partial charge in [0.05, 0.1) is 17.9 Å². The Hall–Kier alpha value is -1.62. The van der Waals surface area contributed by atoms with Crippen molar-refractivity contribution in [1.82, 2.24) is 4.90 Å². The van der Waals surface area contributed by atoms with Gasteiger partial charge in [-0.05, 0) is 38.6 Å². The summed E-state index contributed by atoms with van der Waals surface area (Å²) in [6, 6.07) is 4.22. The molecule has 0 saturated heterocycles. The monoisotopic (exact) mass is 253 g/mol. The highest BCUT2D eigenvalue weighted by Gasteiger charge is 2.13. The Bertz CT molecular complexity index is 421. The van der Waals surface area contributed by atoms with Crippen molar-refractivity contribution in [1.29, 1.82) is 0 Å². The van der Waals surface area contributed by atoms with Crippen LogP contribution in [-0.4, -0.2) is 29.9 Å². The molecular weight excluding hydrogens is 233 g/mol. The van der Waals surface area contributed by atoms with Crippen molar-refractivity contribution >= 4 is 17.3 Å². The molecular formula is C13H20FN3O. The molecule has 0 bridgehead atoms. The first-order valence-corrected chi connectivity index (χ1v) is 6.03. The third-order valence-electron chi connectivity index (χ3n) is 2.77. The van der Waals surface area contributed by atoms with Crippen LogP contribution >= 0.6 is 0 Å². The van der Waals surface area contributed by atoms with Crippen LogP contribution < -0.4 is 11.1 Å². The van der Waals surface area contributed by atoms with Gasteiger partial charge in [-0.1, -0.05) is 6.92 Å². The molecule has 0 aliphatic heterocycles. The van der Waals surface area contributed by atoms with Crippen LogP contribution in [0.1, 0.15) is 20.8 Å². The van der Waals surface area contributed by atoms with Crippen molar-refractivity contribution in [2.24, 2.45) is 0 Å². The Morgan fingerprint density at radius 2 is 2.17 bits per heavy atom. The van der Waals surface area contributed by atoms with Crippen molar-refractivity contribution in [3.8, 4) is 0 Å². The quantitative estimate of drug-likeness (QED) is 0.790. The molecule has 0 fully saturated rings. The zero-order chi connectivity index (χ0) is 13.7. The minimum Gasteiger partial charge on any atom is -0.397 e. The Balaban J connectivity index is 2.64. The molecule has 0 radical (unpaired) electrons. The fourth-order valence-electron chi connectivity index (χ4n) is 1.68. The van der Waals surface area contributed by atoms with Gasteiger partial charge >= 0.3 is 0 Å². The summed E-state index contributed by atoms with van der Waals surface area (Å²) in [6.07, 6.45) is 0. The molecule has 0 saturated carbocycles. The van der Waals surface area contributed by atoms with E-state index in [4.69, 9.17) is 5.73 Å². The second kappa shape index (κ2) is 6.35. The number of amides is 1. The molecule has 4 nitrogen and oxygen atoms in total. The lowest BCUT2D eigenvalue weighted by Gasteiger charge is -2.24. The largest absolute Gasteiger partial charge is 0.397 e. The summed E-state index contributed by atoms with van der Waals surface area (Å²) in [4.78, 5) is 13.8. The number of rotatable bonds is 5. The van der Waals surface area contributed by atoms with Gasteiger partial charge in [0.15, 0.2) is 0 Å². The maximum atomic E-state index is 12.9. The molecule has 5 heteroatoms. The molecule has 0 aliphatic rings. The van der Waals surface area contributed by atoms with Gasteiger partial charge in [-0.15, -0.1) is 0 Å². The highest BCUT2D eigenvalue weighted by Crippen LogP contribution is 2.18. The zero-order valence-electron chi connectivity index (χ0n) is 11.0. The first kappa shape index (κ1) is 14.4. The minimum atomic E-state index is -0.414. The summed E-state index contributed by atoms with van der Waals surface area (Å²) < 4.78 is 12.9. The van der Waals surface area contributed by atoms with Gasteiger partial charge in [-0.25, -0.2) is 4.39 Å². The van der Waals surface area contributed by atoms with E-state index in [1.54, 1.807) is 0 Å². The van der Waals surface area contributed by atoms with Crippen molar-refractivity contribution in [3.63, 3.8) is 0 Å². The second-order valence-electron chi connectivity index (χ2n) is 4.44. The zero-order valence-corrected chi connectivity index (χ0v) is 11.0. The number of likely N-dealkylation sites (N-methyl/N-ethyl adjacent to an activating group) is 1. The lowest BCUT2D eigenvalue weighted by Crippen LogP contribution is -2.37. The Morgan fingerprint density at radius 1 is 1.50 bits per heavy atom. The molecule has 0 unspecified atom stereocenters. The van der Waals surface area contributed by atoms with E-state index in [1.807, 2.05) is 25.7 Å². The van der Waals surface area contributed by atoms with Gasteiger partial charge in [0.1, 0.15) is 5.82 Å². The molecule has 0 heterocycles. The number of carbonyl (C=O) groups is 1. The van der Waals surface area contributed by atoms with Crippen LogP contribution in [0.15, 0.2) is 18.2 Å². The van der Waals surface area contributed by atoms with E-state index in [0.29, 0.717) is 18.3 Å². The molecule has 100 valence electrons. The van der Waals surface area contributed by atoms with Crippen LogP contribution in [0, 0.1) is 5.82 Å². The first-order chi connectivity index (χ1) is 8.43. The molecule has 0 aromatic heterocycles. The van der Waals surface area contributed by atoms with Crippen LogP contribution in [0.5, 0.6) is 0 Å². The number of hydrogen-bond acceptors (Lipinski definition) is 3. The standard InChI is InChI=1S/C13H20FN3O/c1-4-17(9(2)3)8-13(18)16-12-6-5-10(14)7-11(12)15/h5-7,9H,4,8,15H2,1-3H3,(H,16,18). The van der Waals surface area contributed by atoms with Crippen LogP contribution in [0.4, 0.5) is 15.8 Å². The van der Waals surface area contributed by atoms with E-state index in [9.17, 15) is 9.18 Å². The third kappa shape index (κ3) is 4.00. The van der Waals surface area contributed by atoms with Crippen molar-refractivity contribution in [2.75, 3.05) is 24.1 Å². The number of nitrogens with two attached hydrogens (primary N) is 1. The predicted octanol–water partition coefficient (Wildman–Crippen LogP) is 2.08. The molecule has 3 N–H and O–H groups in total. The summed E-state index contributed by atoms with van der Waals surface area (Å²) in [7, 11) is 0. The van der Waals surface area contributed by atoms with Crippen LogP contribution in [0.25, 0.3) is 0 Å². The fraction of sp³-hybridized carbons (Fsp3) is 0.462. The average Bonchev–Trinajstić information content (AvgIpc) is 2.29.